The van der Waals surface area contributed by atoms with Crippen molar-refractivity contribution in [2.24, 2.45) is 4.99 Å². The lowest BCUT2D eigenvalue weighted by Crippen LogP contribution is -2.23. The number of carbonyl (C=O) groups is 2. The molecule has 0 saturated carbocycles. The minimum Gasteiger partial charge on any atom is -0.493 e. The standard InChI is InChI=1S/C24H25BrN2O5S/c1-5-30-19-14-20(31-6-2)18(25)12-16(19)13-21-22(28)27(4)24(33-21)26-17-10-8-15(9-11-17)23(29)32-7-3/h8-14H,5-7H2,1-4H3/b21-13+,26-24?. The van der Waals surface area contributed by atoms with Crippen molar-refractivity contribution in [2.45, 2.75) is 20.8 Å². The van der Waals surface area contributed by atoms with Crippen LogP contribution < -0.4 is 9.47 Å². The van der Waals surface area contributed by atoms with E-state index in [2.05, 4.69) is 20.9 Å². The topological polar surface area (TPSA) is 77.4 Å². The molecule has 0 bridgehead atoms. The molecule has 0 unspecified atom stereocenters. The molecule has 1 aliphatic rings. The predicted molar refractivity (Wildman–Crippen MR) is 134 cm³/mol. The Balaban J connectivity index is 1.88. The zero-order chi connectivity index (χ0) is 24.0. The Morgan fingerprint density at radius 3 is 2.36 bits per heavy atom. The molecule has 174 valence electrons. The van der Waals surface area contributed by atoms with Crippen LogP contribution in [-0.4, -0.2) is 48.8 Å². The second-order valence-corrected chi connectivity index (χ2v) is 8.69. The smallest absolute Gasteiger partial charge is 0.338 e. The van der Waals surface area contributed by atoms with Gasteiger partial charge in [-0.25, -0.2) is 9.79 Å². The molecule has 9 heteroatoms. The maximum atomic E-state index is 12.9. The van der Waals surface area contributed by atoms with Gasteiger partial charge in [-0.05, 0) is 84.9 Å². The fraction of sp³-hybridized carbons (Fsp3) is 0.292. The molecule has 0 atom stereocenters. The number of likely N-dealkylation sites (N-methyl/N-ethyl adjacent to an activating group) is 1. The third-order valence-electron chi connectivity index (χ3n) is 4.56. The zero-order valence-electron chi connectivity index (χ0n) is 18.9. The zero-order valence-corrected chi connectivity index (χ0v) is 21.3. The normalized spacial score (nSPS) is 15.9. The quantitative estimate of drug-likeness (QED) is 0.322. The molecule has 0 aliphatic carbocycles. The van der Waals surface area contributed by atoms with Crippen molar-refractivity contribution in [2.75, 3.05) is 26.9 Å². The van der Waals surface area contributed by atoms with Gasteiger partial charge < -0.3 is 14.2 Å². The highest BCUT2D eigenvalue weighted by atomic mass is 79.9. The van der Waals surface area contributed by atoms with E-state index in [0.717, 1.165) is 10.0 Å². The number of rotatable bonds is 8. The van der Waals surface area contributed by atoms with Crippen LogP contribution in [0.5, 0.6) is 11.5 Å². The summed E-state index contributed by atoms with van der Waals surface area (Å²) in [5, 5.41) is 0.540. The summed E-state index contributed by atoms with van der Waals surface area (Å²) < 4.78 is 17.2. The second-order valence-electron chi connectivity index (χ2n) is 6.82. The molecule has 1 amide bonds. The third-order valence-corrected chi connectivity index (χ3v) is 6.24. The molecule has 2 aromatic carbocycles. The van der Waals surface area contributed by atoms with E-state index < -0.39 is 0 Å². The number of nitrogens with zero attached hydrogens (tertiary/aromatic N) is 2. The highest BCUT2D eigenvalue weighted by Crippen LogP contribution is 2.38. The Bertz CT molecular complexity index is 1100. The lowest BCUT2D eigenvalue weighted by Gasteiger charge is -2.12. The van der Waals surface area contributed by atoms with Crippen molar-refractivity contribution in [1.29, 1.82) is 0 Å². The monoisotopic (exact) mass is 532 g/mol. The van der Waals surface area contributed by atoms with Crippen LogP contribution in [0, 0.1) is 0 Å². The van der Waals surface area contributed by atoms with E-state index in [0.29, 0.717) is 52.6 Å². The lowest BCUT2D eigenvalue weighted by atomic mass is 10.1. The van der Waals surface area contributed by atoms with Crippen LogP contribution in [0.15, 0.2) is 50.8 Å². The number of carbonyl (C=O) groups excluding carboxylic acids is 2. The summed E-state index contributed by atoms with van der Waals surface area (Å²) in [5.74, 6) is 0.775. The molecule has 0 aromatic heterocycles. The van der Waals surface area contributed by atoms with Crippen LogP contribution in [-0.2, 0) is 9.53 Å². The highest BCUT2D eigenvalue weighted by molar-refractivity contribution is 9.10. The fourth-order valence-corrected chi connectivity index (χ4v) is 4.45. The number of esters is 1. The van der Waals surface area contributed by atoms with Gasteiger partial charge in [0.25, 0.3) is 5.91 Å². The number of ether oxygens (including phenoxy) is 3. The van der Waals surface area contributed by atoms with Crippen LogP contribution in [0.25, 0.3) is 6.08 Å². The van der Waals surface area contributed by atoms with Gasteiger partial charge in [-0.15, -0.1) is 0 Å². The van der Waals surface area contributed by atoms with Crippen LogP contribution in [0.4, 0.5) is 5.69 Å². The van der Waals surface area contributed by atoms with Crippen LogP contribution in [0.3, 0.4) is 0 Å². The largest absolute Gasteiger partial charge is 0.493 e. The van der Waals surface area contributed by atoms with Gasteiger partial charge in [-0.3, -0.25) is 9.69 Å². The summed E-state index contributed by atoms with van der Waals surface area (Å²) in [6.07, 6.45) is 1.79. The Hall–Kier alpha value is -2.78. The Kier molecular flexibility index (Phi) is 8.57. The first-order chi connectivity index (χ1) is 15.9. The molecule has 33 heavy (non-hydrogen) atoms. The Labute approximate surface area is 205 Å². The summed E-state index contributed by atoms with van der Waals surface area (Å²) >= 11 is 4.80. The van der Waals surface area contributed by atoms with Crippen molar-refractivity contribution in [3.05, 3.63) is 56.9 Å². The lowest BCUT2D eigenvalue weighted by molar-refractivity contribution is -0.121. The van der Waals surface area contributed by atoms with Gasteiger partial charge in [0, 0.05) is 18.7 Å². The van der Waals surface area contributed by atoms with Gasteiger partial charge in [-0.2, -0.15) is 0 Å². The molecule has 0 spiro atoms. The molecule has 0 radical (unpaired) electrons. The second kappa shape index (κ2) is 11.4. The molecule has 1 fully saturated rings. The van der Waals surface area contributed by atoms with Crippen molar-refractivity contribution in [3.8, 4) is 11.5 Å². The van der Waals surface area contributed by atoms with E-state index in [1.165, 1.54) is 16.7 Å². The highest BCUT2D eigenvalue weighted by Gasteiger charge is 2.30. The number of benzene rings is 2. The van der Waals surface area contributed by atoms with E-state index >= 15 is 0 Å². The van der Waals surface area contributed by atoms with Crippen LogP contribution >= 0.6 is 27.7 Å². The number of aliphatic imine (C=N–C) groups is 1. The third kappa shape index (κ3) is 5.97. The molecular weight excluding hydrogens is 508 g/mol. The van der Waals surface area contributed by atoms with E-state index in [-0.39, 0.29) is 11.9 Å². The first-order valence-corrected chi connectivity index (χ1v) is 12.1. The van der Waals surface area contributed by atoms with E-state index in [1.807, 2.05) is 26.0 Å². The van der Waals surface area contributed by atoms with Gasteiger partial charge in [0.2, 0.25) is 0 Å². The summed E-state index contributed by atoms with van der Waals surface area (Å²) in [6.45, 7) is 6.91. The number of halogens is 1. The van der Waals surface area contributed by atoms with Crippen molar-refractivity contribution < 1.29 is 23.8 Å². The van der Waals surface area contributed by atoms with E-state index in [1.54, 1.807) is 44.3 Å². The van der Waals surface area contributed by atoms with E-state index in [4.69, 9.17) is 14.2 Å². The van der Waals surface area contributed by atoms with E-state index in [9.17, 15) is 9.59 Å². The number of amides is 1. The van der Waals surface area contributed by atoms with Crippen LogP contribution in [0.1, 0.15) is 36.7 Å². The molecule has 7 nitrogen and oxygen atoms in total. The average Bonchev–Trinajstić information content (AvgIpc) is 3.05. The Morgan fingerprint density at radius 2 is 1.73 bits per heavy atom. The predicted octanol–water partition coefficient (Wildman–Crippen LogP) is 5.66. The van der Waals surface area contributed by atoms with Gasteiger partial charge in [-0.1, -0.05) is 0 Å². The number of hydrogen-bond donors (Lipinski definition) is 0. The molecule has 0 N–H and O–H groups in total. The molecule has 1 heterocycles. The van der Waals surface area contributed by atoms with Gasteiger partial charge in [0.15, 0.2) is 5.17 Å². The maximum Gasteiger partial charge on any atom is 0.338 e. The van der Waals surface area contributed by atoms with Crippen LogP contribution in [0.2, 0.25) is 0 Å². The molecular formula is C24H25BrN2O5S. The first-order valence-electron chi connectivity index (χ1n) is 10.5. The fourth-order valence-electron chi connectivity index (χ4n) is 3.00. The van der Waals surface area contributed by atoms with Crippen molar-refractivity contribution in [1.82, 2.24) is 4.90 Å². The van der Waals surface area contributed by atoms with Gasteiger partial charge >= 0.3 is 5.97 Å². The molecule has 3 rings (SSSR count). The first kappa shape index (κ1) is 24.9. The summed E-state index contributed by atoms with van der Waals surface area (Å²) in [4.78, 5) is 31.3. The summed E-state index contributed by atoms with van der Waals surface area (Å²) in [6, 6.07) is 10.4. The molecule has 2 aromatic rings. The minimum absolute atomic E-state index is 0.158. The number of amidine groups is 1. The molecule has 1 saturated heterocycles. The molecule has 1 aliphatic heterocycles. The Morgan fingerprint density at radius 1 is 1.06 bits per heavy atom. The van der Waals surface area contributed by atoms with Gasteiger partial charge in [0.05, 0.1) is 40.4 Å². The maximum absolute atomic E-state index is 12.9. The number of thioether (sulfide) groups is 1. The van der Waals surface area contributed by atoms with Gasteiger partial charge in [0.1, 0.15) is 11.5 Å². The van der Waals surface area contributed by atoms with Crippen molar-refractivity contribution in [3.63, 3.8) is 0 Å². The summed E-state index contributed by atoms with van der Waals surface area (Å²) in [7, 11) is 1.68. The number of hydrogen-bond acceptors (Lipinski definition) is 7. The minimum atomic E-state index is -0.379. The average molecular weight is 533 g/mol. The van der Waals surface area contributed by atoms with Crippen molar-refractivity contribution >= 4 is 56.5 Å². The summed E-state index contributed by atoms with van der Waals surface area (Å²) in [5.41, 5.74) is 1.84. The SMILES string of the molecule is CCOC(=O)c1ccc(N=C2S/C(=C/c3cc(Br)c(OCC)cc3OCC)C(=O)N2C)cc1.